The van der Waals surface area contributed by atoms with E-state index in [2.05, 4.69) is 37.9 Å². The molecule has 15 heavy (non-hydrogen) atoms. The van der Waals surface area contributed by atoms with Gasteiger partial charge < -0.3 is 4.43 Å². The fourth-order valence-corrected chi connectivity index (χ4v) is 4.44. The lowest BCUT2D eigenvalue weighted by Gasteiger charge is -2.30. The van der Waals surface area contributed by atoms with Crippen LogP contribution in [0, 0.1) is 23.7 Å². The quantitative estimate of drug-likeness (QED) is 0.511. The number of rotatable bonds is 2. The van der Waals surface area contributed by atoms with Gasteiger partial charge in [-0.2, -0.15) is 0 Å². The van der Waals surface area contributed by atoms with Gasteiger partial charge in [0.15, 0.2) is 0 Å². The summed E-state index contributed by atoms with van der Waals surface area (Å²) in [7, 11) is -1.39. The third kappa shape index (κ3) is 1.50. The van der Waals surface area contributed by atoms with E-state index in [9.17, 15) is 0 Å². The highest BCUT2D eigenvalue weighted by Crippen LogP contribution is 2.56. The molecule has 1 saturated carbocycles. The Labute approximate surface area is 93.3 Å². The Bertz CT molecular complexity index is 337. The van der Waals surface area contributed by atoms with Crippen molar-refractivity contribution in [2.75, 3.05) is 0 Å². The molecule has 4 atom stereocenters. The van der Waals surface area contributed by atoms with Crippen LogP contribution in [0.2, 0.25) is 19.6 Å². The minimum absolute atomic E-state index is 0.752. The van der Waals surface area contributed by atoms with E-state index in [1.165, 1.54) is 18.6 Å². The van der Waals surface area contributed by atoms with Crippen LogP contribution in [-0.2, 0) is 4.43 Å². The van der Waals surface area contributed by atoms with E-state index >= 15 is 0 Å². The van der Waals surface area contributed by atoms with E-state index in [0.29, 0.717) is 0 Å². The number of fused-ring (bicyclic) bond motifs is 5. The zero-order chi connectivity index (χ0) is 10.6. The fourth-order valence-electron chi connectivity index (χ4n) is 3.51. The van der Waals surface area contributed by atoms with E-state index < -0.39 is 8.32 Å². The van der Waals surface area contributed by atoms with Crippen molar-refractivity contribution in [1.29, 1.82) is 0 Å². The molecule has 0 aliphatic heterocycles. The second kappa shape index (κ2) is 3.00. The Kier molecular flexibility index (Phi) is 1.94. The third-order valence-electron chi connectivity index (χ3n) is 3.97. The van der Waals surface area contributed by atoms with Gasteiger partial charge in [-0.25, -0.2) is 0 Å². The van der Waals surface area contributed by atoms with Crippen LogP contribution in [0.5, 0.6) is 0 Å². The molecule has 3 aliphatic carbocycles. The zero-order valence-electron chi connectivity index (χ0n) is 9.86. The van der Waals surface area contributed by atoms with Crippen molar-refractivity contribution in [2.45, 2.75) is 32.5 Å². The summed E-state index contributed by atoms with van der Waals surface area (Å²) in [5, 5.41) is 0. The van der Waals surface area contributed by atoms with E-state index in [4.69, 9.17) is 4.43 Å². The van der Waals surface area contributed by atoms with E-state index in [1.54, 1.807) is 0 Å². The zero-order valence-corrected chi connectivity index (χ0v) is 10.9. The molecule has 0 N–H and O–H groups in total. The van der Waals surface area contributed by atoms with Gasteiger partial charge in [-0.05, 0) is 56.3 Å². The normalized spacial score (nSPS) is 41.9. The Morgan fingerprint density at radius 3 is 2.87 bits per heavy atom. The van der Waals surface area contributed by atoms with Crippen molar-refractivity contribution in [3.63, 3.8) is 0 Å². The van der Waals surface area contributed by atoms with Gasteiger partial charge in [-0.15, -0.1) is 0 Å². The molecule has 3 aliphatic rings. The molecular weight excluding hydrogens is 200 g/mol. The summed E-state index contributed by atoms with van der Waals surface area (Å²) in [6.07, 6.45) is 9.90. The van der Waals surface area contributed by atoms with Crippen LogP contribution in [0.1, 0.15) is 12.8 Å². The van der Waals surface area contributed by atoms with Crippen LogP contribution in [0.25, 0.3) is 0 Å². The molecule has 0 spiro atoms. The van der Waals surface area contributed by atoms with Crippen molar-refractivity contribution in [3.05, 3.63) is 24.0 Å². The highest BCUT2D eigenvalue weighted by Gasteiger charge is 2.49. The summed E-state index contributed by atoms with van der Waals surface area (Å²) in [5.41, 5.74) is 0. The second-order valence-electron chi connectivity index (χ2n) is 6.19. The highest BCUT2D eigenvalue weighted by molar-refractivity contribution is 6.70. The Morgan fingerprint density at radius 1 is 1.33 bits per heavy atom. The maximum Gasteiger partial charge on any atom is 0.241 e. The summed E-state index contributed by atoms with van der Waals surface area (Å²) >= 11 is 0. The van der Waals surface area contributed by atoms with Gasteiger partial charge in [0.25, 0.3) is 0 Å². The molecular formula is C13H20OSi. The van der Waals surface area contributed by atoms with Crippen LogP contribution in [0.15, 0.2) is 24.0 Å². The topological polar surface area (TPSA) is 9.23 Å². The molecule has 0 radical (unpaired) electrons. The van der Waals surface area contributed by atoms with Crippen LogP contribution >= 0.6 is 0 Å². The van der Waals surface area contributed by atoms with Gasteiger partial charge in [-0.3, -0.25) is 0 Å². The maximum absolute atomic E-state index is 6.21. The molecule has 2 heteroatoms. The molecule has 0 aromatic carbocycles. The predicted molar refractivity (Wildman–Crippen MR) is 64.8 cm³/mol. The predicted octanol–water partition coefficient (Wildman–Crippen LogP) is 3.56. The van der Waals surface area contributed by atoms with E-state index in [-0.39, 0.29) is 0 Å². The van der Waals surface area contributed by atoms with Crippen molar-refractivity contribution in [2.24, 2.45) is 23.7 Å². The summed E-state index contributed by atoms with van der Waals surface area (Å²) in [6.45, 7) is 6.85. The summed E-state index contributed by atoms with van der Waals surface area (Å²) in [6, 6.07) is 0. The molecule has 0 amide bonds. The SMILES string of the molecule is C[Si](C)(C)OC1=C[C@@H]2C[C@H]1[C@@H]1CC=C[C@H]12. The lowest BCUT2D eigenvalue weighted by molar-refractivity contribution is 0.279. The summed E-state index contributed by atoms with van der Waals surface area (Å²) < 4.78 is 6.21. The largest absolute Gasteiger partial charge is 0.547 e. The number of hydrogen-bond donors (Lipinski definition) is 0. The van der Waals surface area contributed by atoms with Crippen LogP contribution in [0.3, 0.4) is 0 Å². The monoisotopic (exact) mass is 220 g/mol. The standard InChI is InChI=1S/C13H20OSi/c1-15(2,3)14-13-8-9-7-12(13)11-6-4-5-10(9)11/h4-5,8-12H,6-7H2,1-3H3/t9-,10-,11+,12-/m0/s1. The highest BCUT2D eigenvalue weighted by atomic mass is 28.4. The smallest absolute Gasteiger partial charge is 0.241 e. The second-order valence-corrected chi connectivity index (χ2v) is 10.6. The average molecular weight is 220 g/mol. The van der Waals surface area contributed by atoms with Gasteiger partial charge in [0, 0.05) is 5.92 Å². The fraction of sp³-hybridized carbons (Fsp3) is 0.692. The number of hydrogen-bond acceptors (Lipinski definition) is 1. The first-order chi connectivity index (χ1) is 7.04. The molecule has 0 aromatic heterocycles. The summed E-state index contributed by atoms with van der Waals surface area (Å²) in [4.78, 5) is 0. The molecule has 0 unspecified atom stereocenters. The van der Waals surface area contributed by atoms with Gasteiger partial charge in [0.1, 0.15) is 0 Å². The van der Waals surface area contributed by atoms with E-state index in [0.717, 1.165) is 23.7 Å². The Balaban J connectivity index is 1.80. The first-order valence-corrected chi connectivity index (χ1v) is 9.53. The Hall–Kier alpha value is -0.503. The first-order valence-electron chi connectivity index (χ1n) is 6.12. The summed E-state index contributed by atoms with van der Waals surface area (Å²) in [5.74, 6) is 4.63. The molecule has 0 heterocycles. The lowest BCUT2D eigenvalue weighted by Crippen LogP contribution is -2.29. The van der Waals surface area contributed by atoms with E-state index in [1.807, 2.05) is 0 Å². The van der Waals surface area contributed by atoms with Crippen molar-refractivity contribution in [3.8, 4) is 0 Å². The molecule has 0 saturated heterocycles. The molecule has 2 bridgehead atoms. The van der Waals surface area contributed by atoms with Crippen molar-refractivity contribution in [1.82, 2.24) is 0 Å². The third-order valence-corrected chi connectivity index (χ3v) is 4.81. The lowest BCUT2D eigenvalue weighted by atomic mass is 9.85. The van der Waals surface area contributed by atoms with Crippen LogP contribution in [-0.4, -0.2) is 8.32 Å². The average Bonchev–Trinajstić information content (AvgIpc) is 2.66. The van der Waals surface area contributed by atoms with Gasteiger partial charge in [0.05, 0.1) is 5.76 Å². The molecule has 1 nitrogen and oxygen atoms in total. The molecule has 0 aromatic rings. The van der Waals surface area contributed by atoms with Gasteiger partial charge >= 0.3 is 0 Å². The minimum Gasteiger partial charge on any atom is -0.547 e. The minimum atomic E-state index is -1.39. The molecule has 82 valence electrons. The van der Waals surface area contributed by atoms with Crippen molar-refractivity contribution >= 4 is 8.32 Å². The number of allylic oxidation sites excluding steroid dienone is 4. The van der Waals surface area contributed by atoms with Crippen LogP contribution < -0.4 is 0 Å². The van der Waals surface area contributed by atoms with Crippen molar-refractivity contribution < 1.29 is 4.43 Å². The van der Waals surface area contributed by atoms with Gasteiger partial charge in [-0.1, -0.05) is 12.2 Å². The Morgan fingerprint density at radius 2 is 2.13 bits per heavy atom. The van der Waals surface area contributed by atoms with Gasteiger partial charge in [0.2, 0.25) is 8.32 Å². The molecule has 1 fully saturated rings. The van der Waals surface area contributed by atoms with Crippen LogP contribution in [0.4, 0.5) is 0 Å². The maximum atomic E-state index is 6.21. The first kappa shape index (κ1) is 9.70. The molecule has 3 rings (SSSR count).